The molecule has 0 fully saturated rings. The number of aryl methyl sites for hydroxylation is 2. The predicted octanol–water partition coefficient (Wildman–Crippen LogP) is 2.29. The van der Waals surface area contributed by atoms with E-state index in [0.717, 1.165) is 27.9 Å². The zero-order valence-corrected chi connectivity index (χ0v) is 9.22. The van der Waals surface area contributed by atoms with Crippen molar-refractivity contribution in [3.05, 3.63) is 29.0 Å². The van der Waals surface area contributed by atoms with Gasteiger partial charge in [-0.3, -0.25) is 0 Å². The number of H-pyrrole nitrogens is 1. The van der Waals surface area contributed by atoms with E-state index in [9.17, 15) is 5.11 Å². The zero-order chi connectivity index (χ0) is 11.0. The van der Waals surface area contributed by atoms with Crippen molar-refractivity contribution >= 4 is 10.9 Å². The maximum Gasteiger partial charge on any atom is 0.125 e. The normalized spacial score (nSPS) is 10.9. The third-order valence-corrected chi connectivity index (χ3v) is 2.91. The second-order valence-electron chi connectivity index (χ2n) is 3.70. The van der Waals surface area contributed by atoms with Crippen LogP contribution < -0.4 is 4.74 Å². The lowest BCUT2D eigenvalue weighted by atomic mass is 10.1. The van der Waals surface area contributed by atoms with Crippen LogP contribution in [0.4, 0.5) is 0 Å². The SMILES string of the molecule is COc1ccc2[nH]c(C)c(C)c2c1CO. The first-order valence-corrected chi connectivity index (χ1v) is 4.94. The molecule has 2 rings (SSSR count). The van der Waals surface area contributed by atoms with Crippen molar-refractivity contribution in [2.75, 3.05) is 7.11 Å². The minimum absolute atomic E-state index is 0.00134. The summed E-state index contributed by atoms with van der Waals surface area (Å²) >= 11 is 0. The van der Waals surface area contributed by atoms with Gasteiger partial charge in [0.25, 0.3) is 0 Å². The highest BCUT2D eigenvalue weighted by atomic mass is 16.5. The second kappa shape index (κ2) is 3.59. The molecule has 0 bridgehead atoms. The first-order valence-electron chi connectivity index (χ1n) is 4.94. The minimum Gasteiger partial charge on any atom is -0.496 e. The molecule has 0 atom stereocenters. The Hall–Kier alpha value is -1.48. The third kappa shape index (κ3) is 1.39. The molecule has 0 unspecified atom stereocenters. The molecule has 0 aliphatic carbocycles. The first-order chi connectivity index (χ1) is 7.19. The quantitative estimate of drug-likeness (QED) is 0.790. The lowest BCUT2D eigenvalue weighted by molar-refractivity contribution is 0.275. The maximum absolute atomic E-state index is 9.39. The molecular formula is C12H15NO2. The highest BCUT2D eigenvalue weighted by molar-refractivity contribution is 5.89. The summed E-state index contributed by atoms with van der Waals surface area (Å²) in [6.07, 6.45) is 0. The molecule has 0 amide bonds. The topological polar surface area (TPSA) is 45.2 Å². The number of benzene rings is 1. The summed E-state index contributed by atoms with van der Waals surface area (Å²) in [5, 5.41) is 10.5. The van der Waals surface area contributed by atoms with Gasteiger partial charge in [-0.15, -0.1) is 0 Å². The van der Waals surface area contributed by atoms with Crippen LogP contribution in [0.1, 0.15) is 16.8 Å². The summed E-state index contributed by atoms with van der Waals surface area (Å²) < 4.78 is 5.23. The summed E-state index contributed by atoms with van der Waals surface area (Å²) in [5.41, 5.74) is 4.22. The number of hydrogen-bond acceptors (Lipinski definition) is 2. The van der Waals surface area contributed by atoms with Gasteiger partial charge in [0.2, 0.25) is 0 Å². The van der Waals surface area contributed by atoms with Crippen LogP contribution in [0.15, 0.2) is 12.1 Å². The first kappa shape index (κ1) is 10.1. The average molecular weight is 205 g/mol. The molecule has 2 N–H and O–H groups in total. The number of aliphatic hydroxyl groups excluding tert-OH is 1. The molecule has 2 aromatic rings. The van der Waals surface area contributed by atoms with E-state index in [2.05, 4.69) is 4.98 Å². The highest BCUT2D eigenvalue weighted by Gasteiger charge is 2.12. The molecule has 0 radical (unpaired) electrons. The predicted molar refractivity (Wildman–Crippen MR) is 60.2 cm³/mol. The molecule has 3 nitrogen and oxygen atoms in total. The standard InChI is InChI=1S/C12H15NO2/c1-7-8(2)13-10-4-5-11(15-3)9(6-14)12(7)10/h4-5,13-14H,6H2,1-3H3. The number of nitrogens with one attached hydrogen (secondary N) is 1. The molecule has 3 heteroatoms. The van der Waals surface area contributed by atoms with Gasteiger partial charge in [-0.25, -0.2) is 0 Å². The maximum atomic E-state index is 9.39. The Labute approximate surface area is 88.7 Å². The Morgan fingerprint density at radius 2 is 2.07 bits per heavy atom. The van der Waals surface area contributed by atoms with E-state index >= 15 is 0 Å². The van der Waals surface area contributed by atoms with E-state index in [0.29, 0.717) is 0 Å². The van der Waals surface area contributed by atoms with Crippen molar-refractivity contribution in [2.45, 2.75) is 20.5 Å². The molecular weight excluding hydrogens is 190 g/mol. The molecule has 0 saturated carbocycles. The Morgan fingerprint density at radius 3 is 2.67 bits per heavy atom. The van der Waals surface area contributed by atoms with Gasteiger partial charge < -0.3 is 14.8 Å². The minimum atomic E-state index is -0.00134. The van der Waals surface area contributed by atoms with Crippen LogP contribution in [-0.2, 0) is 6.61 Å². The van der Waals surface area contributed by atoms with Crippen LogP contribution in [0, 0.1) is 13.8 Å². The lowest BCUT2D eigenvalue weighted by Crippen LogP contribution is -1.93. The molecule has 80 valence electrons. The van der Waals surface area contributed by atoms with Crippen molar-refractivity contribution in [3.8, 4) is 5.75 Å². The van der Waals surface area contributed by atoms with Crippen LogP contribution in [0.3, 0.4) is 0 Å². The van der Waals surface area contributed by atoms with Crippen LogP contribution in [0.5, 0.6) is 5.75 Å². The fourth-order valence-corrected chi connectivity index (χ4v) is 1.99. The molecule has 1 aromatic heterocycles. The molecule has 1 heterocycles. The largest absolute Gasteiger partial charge is 0.496 e. The Bertz CT molecular complexity index is 500. The van der Waals surface area contributed by atoms with Gasteiger partial charge in [0.05, 0.1) is 13.7 Å². The van der Waals surface area contributed by atoms with E-state index in [1.165, 1.54) is 5.56 Å². The van der Waals surface area contributed by atoms with Crippen LogP contribution in [0.25, 0.3) is 10.9 Å². The summed E-state index contributed by atoms with van der Waals surface area (Å²) in [7, 11) is 1.62. The van der Waals surface area contributed by atoms with Gasteiger partial charge in [-0.2, -0.15) is 0 Å². The van der Waals surface area contributed by atoms with Crippen LogP contribution in [-0.4, -0.2) is 17.2 Å². The molecule has 0 aliphatic rings. The summed E-state index contributed by atoms with van der Waals surface area (Å²) in [5.74, 6) is 0.743. The van der Waals surface area contributed by atoms with Gasteiger partial charge in [-0.1, -0.05) is 0 Å². The number of aliphatic hydroxyl groups is 1. The van der Waals surface area contributed by atoms with Crippen molar-refractivity contribution < 1.29 is 9.84 Å². The van der Waals surface area contributed by atoms with Crippen molar-refractivity contribution in [2.24, 2.45) is 0 Å². The molecule has 1 aromatic carbocycles. The number of fused-ring (bicyclic) bond motifs is 1. The Balaban J connectivity index is 2.85. The summed E-state index contributed by atoms with van der Waals surface area (Å²) in [4.78, 5) is 3.29. The number of rotatable bonds is 2. The monoisotopic (exact) mass is 205 g/mol. The number of aromatic nitrogens is 1. The van der Waals surface area contributed by atoms with Crippen LogP contribution >= 0.6 is 0 Å². The van der Waals surface area contributed by atoms with E-state index in [-0.39, 0.29) is 6.61 Å². The highest BCUT2D eigenvalue weighted by Crippen LogP contribution is 2.31. The zero-order valence-electron chi connectivity index (χ0n) is 9.22. The van der Waals surface area contributed by atoms with Gasteiger partial charge in [-0.05, 0) is 31.5 Å². The number of aromatic amines is 1. The fraction of sp³-hybridized carbons (Fsp3) is 0.333. The van der Waals surface area contributed by atoms with Gasteiger partial charge in [0.1, 0.15) is 5.75 Å². The Morgan fingerprint density at radius 1 is 1.33 bits per heavy atom. The summed E-state index contributed by atoms with van der Waals surface area (Å²) in [6, 6.07) is 3.86. The van der Waals surface area contributed by atoms with Crippen molar-refractivity contribution in [1.82, 2.24) is 4.98 Å². The molecule has 15 heavy (non-hydrogen) atoms. The number of methoxy groups -OCH3 is 1. The van der Waals surface area contributed by atoms with E-state index in [1.54, 1.807) is 7.11 Å². The fourth-order valence-electron chi connectivity index (χ4n) is 1.99. The number of ether oxygens (including phenoxy) is 1. The average Bonchev–Trinajstić information content (AvgIpc) is 2.54. The van der Waals surface area contributed by atoms with Crippen molar-refractivity contribution in [1.29, 1.82) is 0 Å². The van der Waals surface area contributed by atoms with Crippen LogP contribution in [0.2, 0.25) is 0 Å². The van der Waals surface area contributed by atoms with Gasteiger partial charge >= 0.3 is 0 Å². The molecule has 0 spiro atoms. The van der Waals surface area contributed by atoms with Gasteiger partial charge in [0, 0.05) is 22.2 Å². The van der Waals surface area contributed by atoms with Crippen molar-refractivity contribution in [3.63, 3.8) is 0 Å². The smallest absolute Gasteiger partial charge is 0.125 e. The third-order valence-electron chi connectivity index (χ3n) is 2.91. The molecule has 0 aliphatic heterocycles. The van der Waals surface area contributed by atoms with E-state index in [4.69, 9.17) is 4.74 Å². The Kier molecular flexibility index (Phi) is 2.40. The lowest BCUT2D eigenvalue weighted by Gasteiger charge is -2.07. The molecule has 0 saturated heterocycles. The second-order valence-corrected chi connectivity index (χ2v) is 3.70. The van der Waals surface area contributed by atoms with E-state index in [1.807, 2.05) is 26.0 Å². The van der Waals surface area contributed by atoms with E-state index < -0.39 is 0 Å². The summed E-state index contributed by atoms with van der Waals surface area (Å²) in [6.45, 7) is 4.08. The number of hydrogen-bond donors (Lipinski definition) is 2. The van der Waals surface area contributed by atoms with Gasteiger partial charge in [0.15, 0.2) is 0 Å².